The molecule has 0 spiro atoms. The molecule has 0 saturated carbocycles. The van der Waals surface area contributed by atoms with Gasteiger partial charge in [-0.3, -0.25) is 0 Å². The molecule has 2 saturated heterocycles. The minimum absolute atomic E-state index is 0.241. The van der Waals surface area contributed by atoms with Gasteiger partial charge in [0.05, 0.1) is 22.4 Å². The molecule has 38 heavy (non-hydrogen) atoms. The number of benzene rings is 2. The Labute approximate surface area is 232 Å². The highest BCUT2D eigenvalue weighted by atomic mass is 16.7. The van der Waals surface area contributed by atoms with Crippen molar-refractivity contribution in [2.75, 3.05) is 0 Å². The fraction of sp³-hybridized carbons (Fsp3) is 0.500. The van der Waals surface area contributed by atoms with Gasteiger partial charge in [0.1, 0.15) is 0 Å². The van der Waals surface area contributed by atoms with E-state index in [1.165, 1.54) is 16.6 Å². The van der Waals surface area contributed by atoms with Crippen LogP contribution >= 0.6 is 0 Å². The predicted molar refractivity (Wildman–Crippen MR) is 162 cm³/mol. The van der Waals surface area contributed by atoms with Crippen molar-refractivity contribution in [1.82, 2.24) is 0 Å². The van der Waals surface area contributed by atoms with Gasteiger partial charge in [0.2, 0.25) is 0 Å². The average molecular weight is 516 g/mol. The summed E-state index contributed by atoms with van der Waals surface area (Å²) in [6, 6.07) is 20.6. The summed E-state index contributed by atoms with van der Waals surface area (Å²) in [5.74, 6) is 0. The first kappa shape index (κ1) is 30.4. The zero-order valence-corrected chi connectivity index (χ0v) is 25.1. The quantitative estimate of drug-likeness (QED) is 0.363. The molecule has 0 aromatic heterocycles. The first-order chi connectivity index (χ1) is 17.7. The molecule has 0 amide bonds. The highest BCUT2D eigenvalue weighted by Crippen LogP contribution is 2.41. The van der Waals surface area contributed by atoms with Crippen LogP contribution in [0.4, 0.5) is 0 Å². The van der Waals surface area contributed by atoms with E-state index in [0.717, 1.165) is 18.3 Å². The van der Waals surface area contributed by atoms with Gasteiger partial charge in [-0.05, 0) is 90.3 Å². The zero-order valence-electron chi connectivity index (χ0n) is 25.1. The van der Waals surface area contributed by atoms with Crippen molar-refractivity contribution in [3.8, 4) is 0 Å². The highest BCUT2D eigenvalue weighted by Gasteiger charge is 2.53. The van der Waals surface area contributed by atoms with E-state index in [4.69, 9.17) is 18.6 Å². The van der Waals surface area contributed by atoms with Crippen molar-refractivity contribution in [1.29, 1.82) is 0 Å². The minimum Gasteiger partial charge on any atom is -0.400 e. The Morgan fingerprint density at radius 3 is 1.47 bits per heavy atom. The normalized spacial score (nSPS) is 21.7. The molecule has 6 heteroatoms. The number of hydrogen-bond acceptors (Lipinski definition) is 4. The number of rotatable bonds is 6. The molecule has 0 N–H and O–H groups in total. The van der Waals surface area contributed by atoms with Gasteiger partial charge in [0, 0.05) is 0 Å². The summed E-state index contributed by atoms with van der Waals surface area (Å²) < 4.78 is 24.5. The molecule has 204 valence electrons. The van der Waals surface area contributed by atoms with Gasteiger partial charge in [-0.1, -0.05) is 86.7 Å². The lowest BCUT2D eigenvalue weighted by Gasteiger charge is -2.32. The molecule has 2 heterocycles. The molecule has 0 aliphatic carbocycles. The lowest BCUT2D eigenvalue weighted by Crippen LogP contribution is -2.41. The molecule has 0 unspecified atom stereocenters. The van der Waals surface area contributed by atoms with Gasteiger partial charge in [0.25, 0.3) is 0 Å². The molecular weight excluding hydrogens is 470 g/mol. The molecule has 2 aliphatic heterocycles. The molecule has 2 aromatic rings. The van der Waals surface area contributed by atoms with Crippen LogP contribution in [-0.2, 0) is 18.6 Å². The largest absolute Gasteiger partial charge is 0.495 e. The van der Waals surface area contributed by atoms with Crippen LogP contribution in [0.15, 0.2) is 72.2 Å². The maximum Gasteiger partial charge on any atom is 0.495 e. The fourth-order valence-corrected chi connectivity index (χ4v) is 4.27. The molecule has 2 aromatic carbocycles. The molecular formula is C32H46B2O4. The van der Waals surface area contributed by atoms with E-state index in [9.17, 15) is 0 Å². The highest BCUT2D eigenvalue weighted by molar-refractivity contribution is 6.68. The van der Waals surface area contributed by atoms with Gasteiger partial charge in [-0.2, -0.15) is 0 Å². The zero-order chi connectivity index (χ0) is 28.2. The summed E-state index contributed by atoms with van der Waals surface area (Å²) >= 11 is 0. The second kappa shape index (κ2) is 12.0. The molecule has 4 nitrogen and oxygen atoms in total. The second-order valence-electron chi connectivity index (χ2n) is 12.1. The van der Waals surface area contributed by atoms with Crippen LogP contribution in [0, 0.1) is 0 Å². The number of allylic oxidation sites excluding steroid dienone is 2. The third-order valence-corrected chi connectivity index (χ3v) is 8.15. The Morgan fingerprint density at radius 1 is 0.632 bits per heavy atom. The van der Waals surface area contributed by atoms with E-state index in [-0.39, 0.29) is 36.6 Å². The lowest BCUT2D eigenvalue weighted by molar-refractivity contribution is 0.00578. The third kappa shape index (κ3) is 6.90. The summed E-state index contributed by atoms with van der Waals surface area (Å²) in [4.78, 5) is 0. The summed E-state index contributed by atoms with van der Waals surface area (Å²) in [5.41, 5.74) is 3.53. The van der Waals surface area contributed by atoms with Crippen LogP contribution in [-0.4, -0.2) is 36.6 Å². The molecule has 0 atom stereocenters. The average Bonchev–Trinajstić information content (AvgIpc) is 3.21. The summed E-state index contributed by atoms with van der Waals surface area (Å²) in [6.45, 7) is 21.0. The van der Waals surface area contributed by atoms with Crippen LogP contribution in [0.2, 0.25) is 0 Å². The van der Waals surface area contributed by atoms with E-state index in [1.807, 2.05) is 36.4 Å². The van der Waals surface area contributed by atoms with Gasteiger partial charge in [-0.15, -0.1) is 0 Å². The van der Waals surface area contributed by atoms with E-state index < -0.39 is 0 Å². The van der Waals surface area contributed by atoms with Crippen molar-refractivity contribution < 1.29 is 18.6 Å². The maximum absolute atomic E-state index is 6.14. The molecule has 2 aliphatic rings. The monoisotopic (exact) mass is 516 g/mol. The van der Waals surface area contributed by atoms with Crippen LogP contribution < -0.4 is 0 Å². The van der Waals surface area contributed by atoms with Crippen molar-refractivity contribution >= 4 is 25.8 Å². The topological polar surface area (TPSA) is 36.9 Å². The molecule has 4 rings (SSSR count). The summed E-state index contributed by atoms with van der Waals surface area (Å²) in [6.07, 6.45) is 6.25. The van der Waals surface area contributed by atoms with Crippen molar-refractivity contribution in [3.05, 3.63) is 83.3 Å². The molecule has 0 radical (unpaired) electrons. The smallest absolute Gasteiger partial charge is 0.400 e. The van der Waals surface area contributed by atoms with Crippen LogP contribution in [0.3, 0.4) is 0 Å². The lowest BCUT2D eigenvalue weighted by atomic mass is 9.73. The van der Waals surface area contributed by atoms with Crippen molar-refractivity contribution in [2.24, 2.45) is 0 Å². The Morgan fingerprint density at radius 2 is 1.05 bits per heavy atom. The second-order valence-corrected chi connectivity index (χ2v) is 12.1. The standard InChI is InChI=1S/2C16H23BO2/c1-6-14(12-13-10-8-7-9-11-13)17-18-15(2,3)16(4,5)19-17;1-6-10-14(13-11-8-7-9-12-13)17-18-15(2,3)16(4,5)19-17/h2*7-12H,6H2,1-5H3/b14-12+;14-10+. The maximum atomic E-state index is 6.14. The van der Waals surface area contributed by atoms with Crippen LogP contribution in [0.5, 0.6) is 0 Å². The first-order valence-electron chi connectivity index (χ1n) is 14.0. The van der Waals surface area contributed by atoms with Crippen LogP contribution in [0.25, 0.3) is 11.5 Å². The van der Waals surface area contributed by atoms with Gasteiger partial charge in [0.15, 0.2) is 0 Å². The summed E-state index contributed by atoms with van der Waals surface area (Å²) in [7, 11) is -0.525. The van der Waals surface area contributed by atoms with Crippen molar-refractivity contribution in [2.45, 2.75) is 104 Å². The SMILES string of the molecule is CC/C(=C\c1ccccc1)B1OC(C)(C)C(C)(C)O1.CC/C=C(/B1OC(C)(C)C(C)(C)O1)c1ccccc1. The summed E-state index contributed by atoms with van der Waals surface area (Å²) in [5, 5.41) is 0. The first-order valence-corrected chi connectivity index (χ1v) is 14.0. The van der Waals surface area contributed by atoms with Gasteiger partial charge >= 0.3 is 14.2 Å². The Kier molecular flexibility index (Phi) is 9.58. The molecule has 2 fully saturated rings. The number of hydrogen-bond donors (Lipinski definition) is 0. The van der Waals surface area contributed by atoms with Crippen molar-refractivity contribution in [3.63, 3.8) is 0 Å². The third-order valence-electron chi connectivity index (χ3n) is 8.15. The Balaban J connectivity index is 0.000000211. The predicted octanol–water partition coefficient (Wildman–Crippen LogP) is 8.22. The van der Waals surface area contributed by atoms with Crippen LogP contribution in [0.1, 0.15) is 93.2 Å². The Hall–Kier alpha value is -2.11. The molecule has 0 bridgehead atoms. The van der Waals surface area contributed by atoms with E-state index >= 15 is 0 Å². The van der Waals surface area contributed by atoms with E-state index in [1.54, 1.807) is 0 Å². The van der Waals surface area contributed by atoms with Gasteiger partial charge < -0.3 is 18.6 Å². The van der Waals surface area contributed by atoms with Gasteiger partial charge in [-0.25, -0.2) is 0 Å². The fourth-order valence-electron chi connectivity index (χ4n) is 4.27. The van der Waals surface area contributed by atoms with E-state index in [2.05, 4.69) is 106 Å². The van der Waals surface area contributed by atoms with E-state index in [0.29, 0.717) is 0 Å². The Bertz CT molecular complexity index is 1070. The minimum atomic E-state index is -0.292.